The van der Waals surface area contributed by atoms with Gasteiger partial charge in [-0.1, -0.05) is 97.1 Å². The van der Waals surface area contributed by atoms with Gasteiger partial charge in [0.2, 0.25) is 6.79 Å². The summed E-state index contributed by atoms with van der Waals surface area (Å²) in [4.78, 5) is 16.1. The molecule has 2 atom stereocenters. The molecule has 192 valence electrons. The lowest BCUT2D eigenvalue weighted by Crippen LogP contribution is -2.51. The van der Waals surface area contributed by atoms with Crippen LogP contribution in [0.15, 0.2) is 115 Å². The Morgan fingerprint density at radius 1 is 0.821 bits per heavy atom. The Labute approximate surface area is 231 Å². The van der Waals surface area contributed by atoms with E-state index in [0.29, 0.717) is 39.4 Å². The maximum absolute atomic E-state index is 14.3. The van der Waals surface area contributed by atoms with Crippen LogP contribution in [-0.2, 0) is 0 Å². The largest absolute Gasteiger partial charge is 0.507 e. The fourth-order valence-electron chi connectivity index (χ4n) is 5.18. The quantitative estimate of drug-likeness (QED) is 0.167. The number of piperidine rings is 1. The maximum Gasteiger partial charge on any atom is 0.231 e. The predicted molar refractivity (Wildman–Crippen MR) is 155 cm³/mol. The summed E-state index contributed by atoms with van der Waals surface area (Å²) in [6, 6.07) is 32.7. The van der Waals surface area contributed by atoms with Gasteiger partial charge in [0.15, 0.2) is 17.3 Å². The Morgan fingerprint density at radius 3 is 2.08 bits per heavy atom. The van der Waals surface area contributed by atoms with E-state index in [1.807, 2.05) is 78.9 Å². The third kappa shape index (κ3) is 4.36. The van der Waals surface area contributed by atoms with Crippen LogP contribution in [0, 0.1) is 11.3 Å². The molecule has 0 unspecified atom stereocenters. The first-order valence-corrected chi connectivity index (χ1v) is 12.9. The lowest BCUT2D eigenvalue weighted by Gasteiger charge is -2.42. The number of nitrogens with one attached hydrogen (secondary N) is 1. The Bertz CT molecular complexity index is 1600. The number of fused-ring (bicyclic) bond motifs is 1. The van der Waals surface area contributed by atoms with Crippen LogP contribution in [0.25, 0.3) is 5.76 Å². The number of amidine groups is 1. The minimum atomic E-state index is -0.891. The summed E-state index contributed by atoms with van der Waals surface area (Å²) in [5.41, 5.74) is 2.66. The summed E-state index contributed by atoms with van der Waals surface area (Å²) >= 11 is 6.02. The molecule has 1 saturated heterocycles. The van der Waals surface area contributed by atoms with E-state index in [2.05, 4.69) is 0 Å². The van der Waals surface area contributed by atoms with Gasteiger partial charge in [-0.3, -0.25) is 15.1 Å². The van der Waals surface area contributed by atoms with Crippen LogP contribution in [0.4, 0.5) is 5.69 Å². The van der Waals surface area contributed by atoms with E-state index in [1.165, 1.54) is 0 Å². The molecule has 0 amide bonds. The lowest BCUT2D eigenvalue weighted by molar-refractivity contribution is 0.0946. The average molecular weight is 533 g/mol. The van der Waals surface area contributed by atoms with Crippen molar-refractivity contribution in [3.05, 3.63) is 131 Å². The first kappa shape index (κ1) is 24.6. The van der Waals surface area contributed by atoms with Crippen LogP contribution in [0.2, 0.25) is 0 Å². The Hall–Kier alpha value is -4.75. The molecule has 6 nitrogen and oxygen atoms in total. The highest BCUT2D eigenvalue weighted by Gasteiger charge is 2.47. The molecule has 4 aromatic rings. The summed E-state index contributed by atoms with van der Waals surface area (Å²) in [6.07, 6.45) is 0. The average Bonchev–Trinajstić information content (AvgIpc) is 3.46. The molecule has 2 aliphatic heterocycles. The fraction of sp³-hybridized carbons (Fsp3) is 0.0938. The zero-order chi connectivity index (χ0) is 26.9. The third-order valence-corrected chi connectivity index (χ3v) is 7.46. The van der Waals surface area contributed by atoms with Gasteiger partial charge in [0, 0.05) is 28.3 Å². The highest BCUT2D eigenvalue weighted by molar-refractivity contribution is 7.80. The smallest absolute Gasteiger partial charge is 0.231 e. The van der Waals surface area contributed by atoms with Crippen molar-refractivity contribution in [1.82, 2.24) is 0 Å². The topological polar surface area (TPSA) is 82.9 Å². The number of carbonyl (C=O) groups excluding carboxylic acids is 1. The number of ketones is 1. The summed E-state index contributed by atoms with van der Waals surface area (Å²) < 4.78 is 11.2. The molecule has 4 aromatic carbocycles. The minimum absolute atomic E-state index is 0.00679. The number of thiocarbonyl (C=S) groups is 1. The molecule has 0 saturated carbocycles. The van der Waals surface area contributed by atoms with Gasteiger partial charge < -0.3 is 14.6 Å². The van der Waals surface area contributed by atoms with Gasteiger partial charge in [-0.15, -0.1) is 0 Å². The SMILES string of the molecule is N=C1/C(=C(/O)c2ccccc2)[C@@H](c2ccc3c(c2)OCO3)[C@H](C(=O)c2ccccc2)C(=S)N1c1ccccc1. The molecule has 0 radical (unpaired) electrons. The van der Waals surface area contributed by atoms with Gasteiger partial charge >= 0.3 is 0 Å². The first-order valence-electron chi connectivity index (χ1n) is 12.5. The molecule has 2 heterocycles. The molecule has 1 fully saturated rings. The number of benzene rings is 4. The van der Waals surface area contributed by atoms with Crippen LogP contribution in [-0.4, -0.2) is 28.5 Å². The van der Waals surface area contributed by atoms with Gasteiger partial charge in [-0.05, 0) is 29.8 Å². The van der Waals surface area contributed by atoms with E-state index in [-0.39, 0.29) is 29.2 Å². The number of nitrogens with zero attached hydrogens (tertiary/aromatic N) is 1. The van der Waals surface area contributed by atoms with E-state index in [0.717, 1.165) is 0 Å². The van der Waals surface area contributed by atoms with Crippen molar-refractivity contribution in [3.63, 3.8) is 0 Å². The highest BCUT2D eigenvalue weighted by atomic mass is 32.1. The number of hydrogen-bond acceptors (Lipinski definition) is 6. The van der Waals surface area contributed by atoms with Crippen LogP contribution in [0.1, 0.15) is 27.4 Å². The van der Waals surface area contributed by atoms with Crippen LogP contribution in [0.3, 0.4) is 0 Å². The van der Waals surface area contributed by atoms with Crippen molar-refractivity contribution in [2.45, 2.75) is 5.92 Å². The van der Waals surface area contributed by atoms with Crippen molar-refractivity contribution in [2.24, 2.45) is 5.92 Å². The van der Waals surface area contributed by atoms with Crippen molar-refractivity contribution in [1.29, 1.82) is 5.41 Å². The minimum Gasteiger partial charge on any atom is -0.507 e. The number of aliphatic hydroxyl groups excluding tert-OH is 1. The molecule has 39 heavy (non-hydrogen) atoms. The van der Waals surface area contributed by atoms with Gasteiger partial charge in [0.1, 0.15) is 16.6 Å². The summed E-state index contributed by atoms with van der Waals surface area (Å²) in [5, 5.41) is 21.1. The number of anilines is 1. The molecule has 2 aliphatic rings. The number of para-hydroxylation sites is 1. The van der Waals surface area contributed by atoms with Crippen LogP contribution in [0.5, 0.6) is 11.5 Å². The molecule has 6 rings (SSSR count). The van der Waals surface area contributed by atoms with E-state index >= 15 is 0 Å². The van der Waals surface area contributed by atoms with E-state index < -0.39 is 11.8 Å². The lowest BCUT2D eigenvalue weighted by atomic mass is 9.72. The van der Waals surface area contributed by atoms with E-state index in [4.69, 9.17) is 21.7 Å². The predicted octanol–water partition coefficient (Wildman–Crippen LogP) is 6.79. The molecule has 2 N–H and O–H groups in total. The maximum atomic E-state index is 14.3. The van der Waals surface area contributed by atoms with Crippen molar-refractivity contribution >= 4 is 40.3 Å². The van der Waals surface area contributed by atoms with Gasteiger partial charge in [-0.2, -0.15) is 0 Å². The Balaban J connectivity index is 1.62. The zero-order valence-corrected chi connectivity index (χ0v) is 21.6. The zero-order valence-electron chi connectivity index (χ0n) is 20.8. The number of ether oxygens (including phenoxy) is 2. The number of aliphatic hydroxyl groups is 1. The molecule has 0 aliphatic carbocycles. The molecule has 0 aromatic heterocycles. The normalized spacial score (nSPS) is 19.6. The summed E-state index contributed by atoms with van der Waals surface area (Å²) in [6.45, 7) is 0.101. The summed E-state index contributed by atoms with van der Waals surface area (Å²) in [5.74, 6) is -0.785. The third-order valence-electron chi connectivity index (χ3n) is 7.02. The van der Waals surface area contributed by atoms with Crippen LogP contribution < -0.4 is 14.4 Å². The number of carbonyl (C=O) groups is 1. The highest BCUT2D eigenvalue weighted by Crippen LogP contribution is 2.47. The van der Waals surface area contributed by atoms with E-state index in [9.17, 15) is 15.3 Å². The Morgan fingerprint density at radius 2 is 1.41 bits per heavy atom. The number of hydrogen-bond donors (Lipinski definition) is 2. The van der Waals surface area contributed by atoms with Gasteiger partial charge in [-0.25, -0.2) is 0 Å². The monoisotopic (exact) mass is 532 g/mol. The van der Waals surface area contributed by atoms with Gasteiger partial charge in [0.25, 0.3) is 0 Å². The Kier molecular flexibility index (Phi) is 6.42. The summed E-state index contributed by atoms with van der Waals surface area (Å²) in [7, 11) is 0. The molecular formula is C32H24N2O4S. The first-order chi connectivity index (χ1) is 19.0. The van der Waals surface area contributed by atoms with E-state index in [1.54, 1.807) is 35.2 Å². The van der Waals surface area contributed by atoms with Crippen molar-refractivity contribution in [2.75, 3.05) is 11.7 Å². The van der Waals surface area contributed by atoms with Crippen molar-refractivity contribution in [3.8, 4) is 11.5 Å². The molecule has 0 bridgehead atoms. The second-order valence-corrected chi connectivity index (χ2v) is 9.70. The molecule has 0 spiro atoms. The standard InChI is InChI=1S/C32H24N2O4S/c33-31-27(29(35)20-10-4-1-5-11-20)26(22-16-17-24-25(18-22)38-19-37-24)28(30(36)21-12-6-2-7-13-21)32(39)34(31)23-14-8-3-9-15-23/h1-18,26,28,33,35H,19H2/b29-27+,33-31?/t26-,28-/m1/s1. The number of Topliss-reactive ketones (excluding diaryl/α,β-unsaturated/α-hetero) is 1. The fourth-order valence-corrected chi connectivity index (χ4v) is 5.62. The molecule has 7 heteroatoms. The number of rotatable bonds is 5. The van der Waals surface area contributed by atoms with Gasteiger partial charge in [0.05, 0.1) is 5.92 Å². The van der Waals surface area contributed by atoms with Crippen LogP contribution >= 0.6 is 12.2 Å². The second kappa shape index (κ2) is 10.2. The molecular weight excluding hydrogens is 508 g/mol. The van der Waals surface area contributed by atoms with Crippen molar-refractivity contribution < 1.29 is 19.4 Å². The second-order valence-electron chi connectivity index (χ2n) is 9.28.